The Morgan fingerprint density at radius 3 is 2.88 bits per heavy atom. The van der Waals surface area contributed by atoms with E-state index in [2.05, 4.69) is 36.2 Å². The minimum atomic E-state index is -0.445. The largest absolute Gasteiger partial charge is 0.323 e. The zero-order chi connectivity index (χ0) is 12.4. The van der Waals surface area contributed by atoms with Crippen LogP contribution in [0.2, 0.25) is 5.15 Å². The molecular formula is C9H6BrClN4O2. The van der Waals surface area contributed by atoms with Crippen LogP contribution < -0.4 is 11.0 Å². The summed E-state index contributed by atoms with van der Waals surface area (Å²) in [5.41, 5.74) is 0.167. The number of H-pyrrole nitrogens is 2. The van der Waals surface area contributed by atoms with Gasteiger partial charge in [0.15, 0.2) is 0 Å². The number of nitrogens with zero attached hydrogens (tertiary/aromatic N) is 1. The van der Waals surface area contributed by atoms with Crippen LogP contribution in [0.15, 0.2) is 27.7 Å². The van der Waals surface area contributed by atoms with E-state index >= 15 is 0 Å². The fraction of sp³-hybridized carbons (Fsp3) is 0. The highest BCUT2D eigenvalue weighted by Gasteiger charge is 2.09. The van der Waals surface area contributed by atoms with E-state index < -0.39 is 11.6 Å². The van der Waals surface area contributed by atoms with Crippen LogP contribution in [0.4, 0.5) is 5.69 Å². The van der Waals surface area contributed by atoms with Crippen molar-refractivity contribution < 1.29 is 4.79 Å². The van der Waals surface area contributed by atoms with Gasteiger partial charge in [-0.25, -0.2) is 9.78 Å². The lowest BCUT2D eigenvalue weighted by molar-refractivity contribution is 0.102. The van der Waals surface area contributed by atoms with Gasteiger partial charge in [0.25, 0.3) is 5.91 Å². The molecule has 88 valence electrons. The van der Waals surface area contributed by atoms with Crippen LogP contribution in [0.3, 0.4) is 0 Å². The van der Waals surface area contributed by atoms with Crippen LogP contribution in [0.5, 0.6) is 0 Å². The molecule has 0 saturated carbocycles. The fourth-order valence-electron chi connectivity index (χ4n) is 1.14. The van der Waals surface area contributed by atoms with Gasteiger partial charge in [-0.3, -0.25) is 4.79 Å². The number of hydrogen-bond donors (Lipinski definition) is 3. The third-order valence-corrected chi connectivity index (χ3v) is 3.03. The van der Waals surface area contributed by atoms with Crippen LogP contribution in [0.1, 0.15) is 10.5 Å². The smallest absolute Gasteiger partial charge is 0.319 e. The zero-order valence-corrected chi connectivity index (χ0v) is 10.6. The maximum absolute atomic E-state index is 11.6. The van der Waals surface area contributed by atoms with Crippen molar-refractivity contribution in [2.24, 2.45) is 0 Å². The van der Waals surface area contributed by atoms with E-state index in [4.69, 9.17) is 11.6 Å². The second-order valence-corrected chi connectivity index (χ2v) is 4.32. The summed E-state index contributed by atoms with van der Waals surface area (Å²) >= 11 is 8.90. The standard InChI is InChI=1S/C9H6BrClN4O2/c10-5-1-4(2-12-7(5)11)14-8(16)6-3-13-9(17)15-6/h1-3H,(H,14,16)(H2,13,15,17). The zero-order valence-electron chi connectivity index (χ0n) is 8.25. The number of amides is 1. The average Bonchev–Trinajstić information content (AvgIpc) is 2.70. The lowest BCUT2D eigenvalue weighted by Crippen LogP contribution is -2.14. The first-order valence-corrected chi connectivity index (χ1v) is 5.63. The summed E-state index contributed by atoms with van der Waals surface area (Å²) in [7, 11) is 0. The Morgan fingerprint density at radius 2 is 2.29 bits per heavy atom. The highest BCUT2D eigenvalue weighted by molar-refractivity contribution is 9.10. The van der Waals surface area contributed by atoms with E-state index in [1.54, 1.807) is 6.07 Å². The molecule has 0 unspecified atom stereocenters. The van der Waals surface area contributed by atoms with Gasteiger partial charge in [-0.1, -0.05) is 11.6 Å². The first-order valence-electron chi connectivity index (χ1n) is 4.46. The van der Waals surface area contributed by atoms with Gasteiger partial charge in [0.05, 0.1) is 16.4 Å². The van der Waals surface area contributed by atoms with Gasteiger partial charge in [0.1, 0.15) is 10.8 Å². The van der Waals surface area contributed by atoms with Crippen molar-refractivity contribution in [3.05, 3.63) is 44.3 Å². The van der Waals surface area contributed by atoms with Crippen molar-refractivity contribution in [2.45, 2.75) is 0 Å². The van der Waals surface area contributed by atoms with Crippen LogP contribution in [0, 0.1) is 0 Å². The Morgan fingerprint density at radius 1 is 1.53 bits per heavy atom. The Kier molecular flexibility index (Phi) is 3.30. The van der Waals surface area contributed by atoms with Gasteiger partial charge in [-0.05, 0) is 22.0 Å². The van der Waals surface area contributed by atoms with Gasteiger partial charge in [-0.2, -0.15) is 0 Å². The molecule has 2 heterocycles. The molecule has 2 rings (SSSR count). The van der Waals surface area contributed by atoms with Gasteiger partial charge < -0.3 is 15.3 Å². The first kappa shape index (κ1) is 11.9. The van der Waals surface area contributed by atoms with Crippen molar-refractivity contribution in [3.63, 3.8) is 0 Å². The van der Waals surface area contributed by atoms with Gasteiger partial charge >= 0.3 is 5.69 Å². The number of rotatable bonds is 2. The Bertz CT molecular complexity index is 621. The topological polar surface area (TPSA) is 90.6 Å². The molecule has 0 atom stereocenters. The van der Waals surface area contributed by atoms with Crippen molar-refractivity contribution in [2.75, 3.05) is 5.32 Å². The Hall–Kier alpha value is -1.60. The molecule has 0 radical (unpaired) electrons. The number of imidazole rings is 1. The van der Waals surface area contributed by atoms with Crippen LogP contribution >= 0.6 is 27.5 Å². The molecule has 0 fully saturated rings. The minimum absolute atomic E-state index is 0.140. The third-order valence-electron chi connectivity index (χ3n) is 1.89. The lowest BCUT2D eigenvalue weighted by Gasteiger charge is -2.03. The summed E-state index contributed by atoms with van der Waals surface area (Å²) in [4.78, 5) is 31.0. The molecule has 1 amide bonds. The number of aromatic nitrogens is 3. The van der Waals surface area contributed by atoms with Crippen LogP contribution in [-0.2, 0) is 0 Å². The van der Waals surface area contributed by atoms with E-state index in [1.807, 2.05) is 0 Å². The molecule has 0 saturated heterocycles. The number of aromatic amines is 2. The number of carbonyl (C=O) groups is 1. The van der Waals surface area contributed by atoms with Crippen molar-refractivity contribution in [1.82, 2.24) is 15.0 Å². The summed E-state index contributed by atoms with van der Waals surface area (Å²) in [6.07, 6.45) is 2.70. The first-order chi connectivity index (χ1) is 8.06. The maximum atomic E-state index is 11.6. The quantitative estimate of drug-likeness (QED) is 0.737. The molecule has 2 aromatic heterocycles. The number of halogens is 2. The molecular weight excluding hydrogens is 311 g/mol. The van der Waals surface area contributed by atoms with Gasteiger partial charge in [0, 0.05) is 6.20 Å². The Balaban J connectivity index is 2.18. The van der Waals surface area contributed by atoms with E-state index in [0.717, 1.165) is 0 Å². The highest BCUT2D eigenvalue weighted by Crippen LogP contribution is 2.22. The second-order valence-electron chi connectivity index (χ2n) is 3.11. The summed E-state index contributed by atoms with van der Waals surface area (Å²) in [5, 5.41) is 2.86. The van der Waals surface area contributed by atoms with E-state index in [-0.39, 0.29) is 5.69 Å². The normalized spacial score (nSPS) is 10.2. The van der Waals surface area contributed by atoms with E-state index in [9.17, 15) is 9.59 Å². The summed E-state index contributed by atoms with van der Waals surface area (Å²) in [5.74, 6) is -0.445. The number of pyridine rings is 1. The molecule has 0 aliphatic rings. The van der Waals surface area contributed by atoms with Crippen LogP contribution in [-0.4, -0.2) is 20.9 Å². The molecule has 0 aliphatic carbocycles. The molecule has 0 aromatic carbocycles. The number of anilines is 1. The maximum Gasteiger partial charge on any atom is 0.323 e. The second kappa shape index (κ2) is 4.72. The third kappa shape index (κ3) is 2.75. The van der Waals surface area contributed by atoms with E-state index in [1.165, 1.54) is 12.4 Å². The molecule has 17 heavy (non-hydrogen) atoms. The lowest BCUT2D eigenvalue weighted by atomic mass is 10.4. The SMILES string of the molecule is O=C(Nc1cnc(Cl)c(Br)c1)c1c[nH]c(=O)[nH]1. The molecule has 6 nitrogen and oxygen atoms in total. The molecule has 3 N–H and O–H groups in total. The summed E-state index contributed by atoms with van der Waals surface area (Å²) in [6.45, 7) is 0. The fourth-order valence-corrected chi connectivity index (χ4v) is 1.59. The van der Waals surface area contributed by atoms with Crippen LogP contribution in [0.25, 0.3) is 0 Å². The molecule has 0 spiro atoms. The monoisotopic (exact) mass is 316 g/mol. The van der Waals surface area contributed by atoms with Gasteiger partial charge in [-0.15, -0.1) is 0 Å². The average molecular weight is 318 g/mol. The van der Waals surface area contributed by atoms with Gasteiger partial charge in [0.2, 0.25) is 0 Å². The Labute approximate surface area is 109 Å². The highest BCUT2D eigenvalue weighted by atomic mass is 79.9. The molecule has 8 heteroatoms. The summed E-state index contributed by atoms with van der Waals surface area (Å²) in [6, 6.07) is 1.61. The van der Waals surface area contributed by atoms with Crippen molar-refractivity contribution in [3.8, 4) is 0 Å². The predicted molar refractivity (Wildman–Crippen MR) is 66.3 cm³/mol. The minimum Gasteiger partial charge on any atom is -0.319 e. The number of carbonyl (C=O) groups excluding carboxylic acids is 1. The molecule has 0 aliphatic heterocycles. The summed E-state index contributed by atoms with van der Waals surface area (Å²) < 4.78 is 0.569. The number of nitrogens with one attached hydrogen (secondary N) is 3. The van der Waals surface area contributed by atoms with Crippen molar-refractivity contribution in [1.29, 1.82) is 0 Å². The number of hydrogen-bond acceptors (Lipinski definition) is 3. The van der Waals surface area contributed by atoms with E-state index in [0.29, 0.717) is 15.3 Å². The molecule has 0 bridgehead atoms. The molecule has 2 aromatic rings. The van der Waals surface area contributed by atoms with Crippen molar-refractivity contribution >= 4 is 39.1 Å². The predicted octanol–water partition coefficient (Wildman–Crippen LogP) is 1.77.